The topological polar surface area (TPSA) is 116 Å². The minimum Gasteiger partial charge on any atom is -0.503 e. The summed E-state index contributed by atoms with van der Waals surface area (Å²) < 4.78 is 22.9. The first-order valence-corrected chi connectivity index (χ1v) is 11.8. The molecule has 0 unspecified atom stereocenters. The molecule has 1 aromatic heterocycles. The van der Waals surface area contributed by atoms with Gasteiger partial charge in [0.25, 0.3) is 5.91 Å². The van der Waals surface area contributed by atoms with Crippen molar-refractivity contribution >= 4 is 11.9 Å². The number of methoxy groups -OCH3 is 1. The second-order valence-electron chi connectivity index (χ2n) is 9.04. The predicted molar refractivity (Wildman–Crippen MR) is 128 cm³/mol. The summed E-state index contributed by atoms with van der Waals surface area (Å²) in [6.45, 7) is 6.64. The van der Waals surface area contributed by atoms with Gasteiger partial charge >= 0.3 is 5.97 Å². The number of esters is 1. The fraction of sp³-hybridized carbons (Fsp3) is 0.500. The van der Waals surface area contributed by atoms with E-state index in [1.807, 2.05) is 37.3 Å². The van der Waals surface area contributed by atoms with Crippen LogP contribution in [0.4, 0.5) is 0 Å². The third-order valence-electron chi connectivity index (χ3n) is 5.82. The fourth-order valence-electron chi connectivity index (χ4n) is 3.91. The molecule has 0 bridgehead atoms. The normalized spacial score (nSPS) is 23.1. The molecule has 1 aromatic carbocycles. The Labute approximate surface area is 205 Å². The van der Waals surface area contributed by atoms with Gasteiger partial charge < -0.3 is 29.4 Å². The van der Waals surface area contributed by atoms with E-state index < -0.39 is 29.8 Å². The van der Waals surface area contributed by atoms with Gasteiger partial charge in [0.05, 0.1) is 26.4 Å². The van der Waals surface area contributed by atoms with E-state index in [0.717, 1.165) is 5.56 Å². The highest BCUT2D eigenvalue weighted by molar-refractivity contribution is 5.98. The number of ether oxygens (including phenoxy) is 4. The van der Waals surface area contributed by atoms with Crippen LogP contribution in [-0.4, -0.2) is 67.1 Å². The van der Waals surface area contributed by atoms with Crippen molar-refractivity contribution in [2.45, 2.75) is 45.4 Å². The molecule has 2 aromatic rings. The van der Waals surface area contributed by atoms with Crippen LogP contribution < -0.4 is 10.1 Å². The maximum Gasteiger partial charge on any atom is 0.331 e. The highest BCUT2D eigenvalue weighted by atomic mass is 16.6. The average Bonchev–Trinajstić information content (AvgIpc) is 2.88. The van der Waals surface area contributed by atoms with Crippen LogP contribution in [0.25, 0.3) is 0 Å². The van der Waals surface area contributed by atoms with Gasteiger partial charge in [-0.1, -0.05) is 44.2 Å². The summed E-state index contributed by atoms with van der Waals surface area (Å²) >= 11 is 0. The zero-order chi connectivity index (χ0) is 25.4. The number of hydrogen-bond donors (Lipinski definition) is 2. The Balaban J connectivity index is 1.78. The summed E-state index contributed by atoms with van der Waals surface area (Å²) in [6.07, 6.45) is 1.17. The zero-order valence-electron chi connectivity index (χ0n) is 20.6. The highest BCUT2D eigenvalue weighted by Crippen LogP contribution is 2.28. The van der Waals surface area contributed by atoms with Gasteiger partial charge in [0, 0.05) is 24.8 Å². The lowest BCUT2D eigenvalue weighted by atomic mass is 9.89. The molecule has 4 atom stereocenters. The number of amides is 1. The number of nitrogens with zero attached hydrogens (tertiary/aromatic N) is 1. The molecule has 1 aliphatic rings. The number of benzene rings is 1. The second-order valence-corrected chi connectivity index (χ2v) is 9.04. The average molecular weight is 487 g/mol. The van der Waals surface area contributed by atoms with Crippen molar-refractivity contribution in [2.75, 3.05) is 26.9 Å². The molecule has 9 nitrogen and oxygen atoms in total. The van der Waals surface area contributed by atoms with Gasteiger partial charge in [-0.05, 0) is 24.8 Å². The van der Waals surface area contributed by atoms with E-state index in [4.69, 9.17) is 18.9 Å². The lowest BCUT2D eigenvalue weighted by Crippen LogP contribution is -2.46. The Kier molecular flexibility index (Phi) is 9.45. The monoisotopic (exact) mass is 486 g/mol. The number of nitrogens with one attached hydrogen (secondary N) is 1. The van der Waals surface area contributed by atoms with Crippen LogP contribution in [0, 0.1) is 11.8 Å². The van der Waals surface area contributed by atoms with Crippen molar-refractivity contribution in [2.24, 2.45) is 11.8 Å². The van der Waals surface area contributed by atoms with E-state index in [-0.39, 0.29) is 36.7 Å². The molecule has 2 heterocycles. The SMILES string of the molecule is COc1ccnc(C(=O)N[C@H]2COC[C@H](OCC(C)C)[C@@H](Cc3ccccc3)[C@H](C)OC2=O)c1O. The molecule has 190 valence electrons. The molecule has 0 radical (unpaired) electrons. The van der Waals surface area contributed by atoms with Crippen molar-refractivity contribution in [3.05, 3.63) is 53.9 Å². The van der Waals surface area contributed by atoms with E-state index >= 15 is 0 Å². The van der Waals surface area contributed by atoms with Gasteiger partial charge in [-0.15, -0.1) is 0 Å². The maximum atomic E-state index is 13.0. The Bertz CT molecular complexity index is 983. The van der Waals surface area contributed by atoms with E-state index in [0.29, 0.717) is 18.9 Å². The van der Waals surface area contributed by atoms with Crippen LogP contribution in [0.3, 0.4) is 0 Å². The third kappa shape index (κ3) is 7.16. The third-order valence-corrected chi connectivity index (χ3v) is 5.82. The van der Waals surface area contributed by atoms with Crippen molar-refractivity contribution in [1.82, 2.24) is 10.3 Å². The molecule has 3 rings (SSSR count). The summed E-state index contributed by atoms with van der Waals surface area (Å²) in [4.78, 5) is 29.7. The number of rotatable bonds is 8. The van der Waals surface area contributed by atoms with Crippen molar-refractivity contribution < 1.29 is 33.6 Å². The summed E-state index contributed by atoms with van der Waals surface area (Å²) in [5.41, 5.74) is 0.840. The highest BCUT2D eigenvalue weighted by Gasteiger charge is 2.36. The first-order valence-electron chi connectivity index (χ1n) is 11.8. The second kappa shape index (κ2) is 12.5. The van der Waals surface area contributed by atoms with Gasteiger partial charge in [-0.3, -0.25) is 4.79 Å². The fourth-order valence-corrected chi connectivity index (χ4v) is 3.91. The standard InChI is InChI=1S/C26H34N2O7/c1-16(2)13-34-22-15-33-14-20(28-25(30)23-24(29)21(32-4)10-11-27-23)26(31)35-17(3)19(22)12-18-8-6-5-7-9-18/h5-11,16-17,19-20,22,29H,12-15H2,1-4H3,(H,28,30)/t17-,19-,20-,22-/m0/s1. The van der Waals surface area contributed by atoms with E-state index in [9.17, 15) is 14.7 Å². The van der Waals surface area contributed by atoms with Gasteiger partial charge in [0.2, 0.25) is 0 Å². The lowest BCUT2D eigenvalue weighted by molar-refractivity contribution is -0.155. The first kappa shape index (κ1) is 26.4. The smallest absolute Gasteiger partial charge is 0.331 e. The van der Waals surface area contributed by atoms with E-state index in [1.165, 1.54) is 19.4 Å². The number of carbonyl (C=O) groups excluding carboxylic acids is 2. The number of hydrogen-bond acceptors (Lipinski definition) is 8. The minimum absolute atomic E-state index is 0.0981. The largest absolute Gasteiger partial charge is 0.503 e. The van der Waals surface area contributed by atoms with E-state index in [2.05, 4.69) is 24.1 Å². The molecule has 1 saturated heterocycles. The molecule has 0 aliphatic carbocycles. The summed E-state index contributed by atoms with van der Waals surface area (Å²) in [6, 6.07) is 10.3. The number of pyridine rings is 1. The molecule has 0 saturated carbocycles. The van der Waals surface area contributed by atoms with Crippen molar-refractivity contribution in [3.8, 4) is 11.5 Å². The minimum atomic E-state index is -1.08. The van der Waals surface area contributed by atoms with Gasteiger partial charge in [0.15, 0.2) is 23.2 Å². The first-order chi connectivity index (χ1) is 16.8. The van der Waals surface area contributed by atoms with Gasteiger partial charge in [-0.25, -0.2) is 9.78 Å². The predicted octanol–water partition coefficient (Wildman–Crippen LogP) is 2.76. The molecular formula is C26H34N2O7. The quantitative estimate of drug-likeness (QED) is 0.547. The number of aromatic hydroxyl groups is 1. The molecule has 0 spiro atoms. The number of carbonyl (C=O) groups is 2. The molecular weight excluding hydrogens is 452 g/mol. The Morgan fingerprint density at radius 1 is 1.23 bits per heavy atom. The molecule has 35 heavy (non-hydrogen) atoms. The summed E-state index contributed by atoms with van der Waals surface area (Å²) in [7, 11) is 1.37. The zero-order valence-corrected chi connectivity index (χ0v) is 20.6. The number of cyclic esters (lactones) is 1. The van der Waals surface area contributed by atoms with Crippen molar-refractivity contribution in [1.29, 1.82) is 0 Å². The van der Waals surface area contributed by atoms with Crippen molar-refractivity contribution in [3.63, 3.8) is 0 Å². The van der Waals surface area contributed by atoms with Gasteiger partial charge in [0.1, 0.15) is 6.10 Å². The number of aromatic nitrogens is 1. The molecule has 9 heteroatoms. The van der Waals surface area contributed by atoms with Crippen LogP contribution in [0.5, 0.6) is 11.5 Å². The molecule has 1 amide bonds. The summed E-state index contributed by atoms with van der Waals surface area (Å²) in [5, 5.41) is 12.8. The molecule has 1 fully saturated rings. The van der Waals surface area contributed by atoms with Crippen LogP contribution in [0.15, 0.2) is 42.6 Å². The van der Waals surface area contributed by atoms with Crippen LogP contribution in [0.1, 0.15) is 36.8 Å². The van der Waals surface area contributed by atoms with Gasteiger partial charge in [-0.2, -0.15) is 0 Å². The van der Waals surface area contributed by atoms with Crippen LogP contribution in [0.2, 0.25) is 0 Å². The van der Waals surface area contributed by atoms with Crippen LogP contribution in [-0.2, 0) is 25.4 Å². The Morgan fingerprint density at radius 3 is 2.66 bits per heavy atom. The molecule has 1 aliphatic heterocycles. The van der Waals surface area contributed by atoms with E-state index in [1.54, 1.807) is 0 Å². The summed E-state index contributed by atoms with van der Waals surface area (Å²) in [5.74, 6) is -1.51. The maximum absolute atomic E-state index is 13.0. The van der Waals surface area contributed by atoms with Crippen LogP contribution >= 0.6 is 0 Å². The molecule has 2 N–H and O–H groups in total. The Hall–Kier alpha value is -3.17. The Morgan fingerprint density at radius 2 is 1.97 bits per heavy atom. The lowest BCUT2D eigenvalue weighted by Gasteiger charge is -2.31.